The minimum absolute atomic E-state index is 0.0882. The van der Waals surface area contributed by atoms with Crippen molar-refractivity contribution in [3.63, 3.8) is 0 Å². The molecule has 0 radical (unpaired) electrons. The van der Waals surface area contributed by atoms with Gasteiger partial charge in [0.05, 0.1) is 10.6 Å². The molecule has 0 N–H and O–H groups in total. The van der Waals surface area contributed by atoms with E-state index in [4.69, 9.17) is 0 Å². The van der Waals surface area contributed by atoms with Crippen molar-refractivity contribution in [1.82, 2.24) is 15.1 Å². The second-order valence-corrected chi connectivity index (χ2v) is 9.18. The number of carbonyl (C=O) groups excluding carboxylic acids is 1. The minimum atomic E-state index is 0.0882. The Morgan fingerprint density at radius 2 is 1.73 bits per heavy atom. The SMILES string of the molecule is Cc1nnc(N2CCC(c3c(C(=O)N(C)C)sc4ccccc34)C2)c2ccccc12. The maximum absolute atomic E-state index is 13.0. The van der Waals surface area contributed by atoms with Crippen LogP contribution in [0.3, 0.4) is 0 Å². The molecule has 6 heteroatoms. The summed E-state index contributed by atoms with van der Waals surface area (Å²) in [4.78, 5) is 17.8. The number of hydrogen-bond donors (Lipinski definition) is 0. The summed E-state index contributed by atoms with van der Waals surface area (Å²) in [5.41, 5.74) is 2.15. The van der Waals surface area contributed by atoms with Gasteiger partial charge in [0.2, 0.25) is 0 Å². The molecule has 4 aromatic rings. The largest absolute Gasteiger partial charge is 0.354 e. The first-order valence-electron chi connectivity index (χ1n) is 10.2. The lowest BCUT2D eigenvalue weighted by atomic mass is 9.95. The highest BCUT2D eigenvalue weighted by Crippen LogP contribution is 2.42. The van der Waals surface area contributed by atoms with Crippen LogP contribution in [0.5, 0.6) is 0 Å². The molecule has 0 saturated carbocycles. The van der Waals surface area contributed by atoms with Crippen molar-refractivity contribution >= 4 is 43.9 Å². The van der Waals surface area contributed by atoms with Gasteiger partial charge in [-0.25, -0.2) is 0 Å². The van der Waals surface area contributed by atoms with Gasteiger partial charge in [0.1, 0.15) is 0 Å². The summed E-state index contributed by atoms with van der Waals surface area (Å²) >= 11 is 1.61. The first-order valence-corrected chi connectivity index (χ1v) is 11.1. The Balaban J connectivity index is 1.56. The number of thiophene rings is 1. The van der Waals surface area contributed by atoms with Gasteiger partial charge < -0.3 is 9.80 Å². The lowest BCUT2D eigenvalue weighted by Crippen LogP contribution is -2.24. The molecule has 30 heavy (non-hydrogen) atoms. The average molecular weight is 417 g/mol. The van der Waals surface area contributed by atoms with E-state index in [9.17, 15) is 4.79 Å². The second kappa shape index (κ2) is 7.36. The molecule has 1 fully saturated rings. The Bertz CT molecular complexity index is 1260. The summed E-state index contributed by atoms with van der Waals surface area (Å²) in [6, 6.07) is 16.7. The Kier molecular flexibility index (Phi) is 4.66. The first-order chi connectivity index (χ1) is 14.5. The third kappa shape index (κ3) is 3.03. The van der Waals surface area contributed by atoms with Crippen molar-refractivity contribution in [3.8, 4) is 0 Å². The van der Waals surface area contributed by atoms with Crippen LogP contribution in [0, 0.1) is 6.92 Å². The predicted molar refractivity (Wildman–Crippen MR) is 124 cm³/mol. The summed E-state index contributed by atoms with van der Waals surface area (Å²) in [7, 11) is 3.65. The highest BCUT2D eigenvalue weighted by molar-refractivity contribution is 7.21. The molecule has 152 valence electrons. The van der Waals surface area contributed by atoms with Crippen LogP contribution in [0.4, 0.5) is 5.82 Å². The van der Waals surface area contributed by atoms with Gasteiger partial charge in [-0.05, 0) is 30.4 Å². The van der Waals surface area contributed by atoms with Crippen LogP contribution in [-0.2, 0) is 0 Å². The first kappa shape index (κ1) is 19.0. The zero-order valence-corrected chi connectivity index (χ0v) is 18.2. The van der Waals surface area contributed by atoms with Crippen molar-refractivity contribution in [2.45, 2.75) is 19.3 Å². The summed E-state index contributed by atoms with van der Waals surface area (Å²) in [5.74, 6) is 1.32. The topological polar surface area (TPSA) is 49.3 Å². The molecule has 2 aromatic carbocycles. The normalized spacial score (nSPS) is 16.5. The van der Waals surface area contributed by atoms with E-state index in [0.29, 0.717) is 5.92 Å². The van der Waals surface area contributed by atoms with Gasteiger partial charge in [0.25, 0.3) is 5.91 Å². The molecule has 5 nitrogen and oxygen atoms in total. The number of aryl methyl sites for hydroxylation is 1. The predicted octanol–water partition coefficient (Wildman–Crippen LogP) is 4.85. The van der Waals surface area contributed by atoms with Gasteiger partial charge in [-0.1, -0.05) is 42.5 Å². The zero-order chi connectivity index (χ0) is 20.8. The van der Waals surface area contributed by atoms with Crippen LogP contribution in [0.1, 0.15) is 33.3 Å². The van der Waals surface area contributed by atoms with Crippen molar-refractivity contribution in [1.29, 1.82) is 0 Å². The average Bonchev–Trinajstić information content (AvgIpc) is 3.38. The molecule has 1 atom stereocenters. The number of amides is 1. The molecular weight excluding hydrogens is 392 g/mol. The Labute approximate surface area is 179 Å². The maximum Gasteiger partial charge on any atom is 0.263 e. The van der Waals surface area contributed by atoms with Crippen molar-refractivity contribution < 1.29 is 4.79 Å². The third-order valence-corrected chi connectivity index (χ3v) is 7.16. The molecule has 1 saturated heterocycles. The number of fused-ring (bicyclic) bond motifs is 2. The van der Waals surface area contributed by atoms with Crippen molar-refractivity contribution in [3.05, 3.63) is 64.7 Å². The molecule has 2 aromatic heterocycles. The van der Waals surface area contributed by atoms with Gasteiger partial charge in [0.15, 0.2) is 5.82 Å². The van der Waals surface area contributed by atoms with Crippen LogP contribution in [0.15, 0.2) is 48.5 Å². The van der Waals surface area contributed by atoms with Crippen LogP contribution in [-0.4, -0.2) is 48.2 Å². The number of hydrogen-bond acceptors (Lipinski definition) is 5. The summed E-state index contributed by atoms with van der Waals surface area (Å²) in [6.07, 6.45) is 0.998. The smallest absolute Gasteiger partial charge is 0.263 e. The van der Waals surface area contributed by atoms with E-state index < -0.39 is 0 Å². The van der Waals surface area contributed by atoms with Gasteiger partial charge in [-0.3, -0.25) is 4.79 Å². The summed E-state index contributed by atoms with van der Waals surface area (Å²) in [5, 5.41) is 12.5. The van der Waals surface area contributed by atoms with E-state index in [2.05, 4.69) is 51.5 Å². The van der Waals surface area contributed by atoms with Crippen molar-refractivity contribution in [2.75, 3.05) is 32.1 Å². The number of benzene rings is 2. The number of aromatic nitrogens is 2. The van der Waals surface area contributed by atoms with E-state index in [1.54, 1.807) is 16.2 Å². The number of nitrogens with zero attached hydrogens (tertiary/aromatic N) is 4. The van der Waals surface area contributed by atoms with E-state index in [1.165, 1.54) is 15.6 Å². The molecule has 5 rings (SSSR count). The number of carbonyl (C=O) groups is 1. The molecule has 0 spiro atoms. The zero-order valence-electron chi connectivity index (χ0n) is 17.4. The van der Waals surface area contributed by atoms with Crippen LogP contribution >= 0.6 is 11.3 Å². The fraction of sp³-hybridized carbons (Fsp3) is 0.292. The number of anilines is 1. The Morgan fingerprint density at radius 1 is 1.03 bits per heavy atom. The Hall–Kier alpha value is -2.99. The van der Waals surface area contributed by atoms with E-state index >= 15 is 0 Å². The minimum Gasteiger partial charge on any atom is -0.354 e. The molecular formula is C24H24N4OS. The quantitative estimate of drug-likeness (QED) is 0.479. The number of rotatable bonds is 3. The molecule has 1 unspecified atom stereocenters. The van der Waals surface area contributed by atoms with E-state index in [0.717, 1.165) is 46.7 Å². The highest BCUT2D eigenvalue weighted by Gasteiger charge is 2.32. The summed E-state index contributed by atoms with van der Waals surface area (Å²) in [6.45, 7) is 3.75. The Morgan fingerprint density at radius 3 is 2.50 bits per heavy atom. The van der Waals surface area contributed by atoms with Crippen LogP contribution < -0.4 is 4.90 Å². The fourth-order valence-electron chi connectivity index (χ4n) is 4.48. The van der Waals surface area contributed by atoms with Crippen molar-refractivity contribution in [2.24, 2.45) is 0 Å². The monoisotopic (exact) mass is 416 g/mol. The molecule has 1 amide bonds. The lowest BCUT2D eigenvalue weighted by Gasteiger charge is -2.20. The standard InChI is InChI=1S/C24H24N4OS/c1-15-17-8-4-5-9-18(17)23(26-25-15)28-13-12-16(14-28)21-19-10-6-7-11-20(19)30-22(21)24(29)27(2)3/h4-11,16H,12-14H2,1-3H3. The van der Waals surface area contributed by atoms with E-state index in [1.807, 2.05) is 33.2 Å². The van der Waals surface area contributed by atoms with Gasteiger partial charge in [0, 0.05) is 48.6 Å². The molecule has 1 aliphatic rings. The summed E-state index contributed by atoms with van der Waals surface area (Å²) < 4.78 is 1.18. The maximum atomic E-state index is 13.0. The molecule has 3 heterocycles. The van der Waals surface area contributed by atoms with Gasteiger partial charge >= 0.3 is 0 Å². The highest BCUT2D eigenvalue weighted by atomic mass is 32.1. The van der Waals surface area contributed by atoms with Crippen LogP contribution in [0.25, 0.3) is 20.9 Å². The third-order valence-electron chi connectivity index (χ3n) is 5.98. The molecule has 0 aliphatic carbocycles. The second-order valence-electron chi connectivity index (χ2n) is 8.13. The van der Waals surface area contributed by atoms with E-state index in [-0.39, 0.29) is 5.91 Å². The molecule has 0 bridgehead atoms. The molecule has 1 aliphatic heterocycles. The van der Waals surface area contributed by atoms with Gasteiger partial charge in [-0.15, -0.1) is 16.4 Å². The fourth-order valence-corrected chi connectivity index (χ4v) is 5.79. The lowest BCUT2D eigenvalue weighted by molar-refractivity contribution is 0.0831. The van der Waals surface area contributed by atoms with Gasteiger partial charge in [-0.2, -0.15) is 5.10 Å². The van der Waals surface area contributed by atoms with Crippen LogP contribution in [0.2, 0.25) is 0 Å².